The van der Waals surface area contributed by atoms with Gasteiger partial charge in [-0.25, -0.2) is 0 Å². The molecule has 0 bridgehead atoms. The third-order valence-corrected chi connectivity index (χ3v) is 4.42. The third-order valence-electron chi connectivity index (χ3n) is 4.42. The molecule has 0 saturated carbocycles. The van der Waals surface area contributed by atoms with E-state index in [0.29, 0.717) is 0 Å². The molecule has 8 heteroatoms. The SMILES string of the molecule is CC(C)(C)NC(=O)C(C)(C)C(C(=O)Oc1ccccc1O)C(=O)Oc1ccccc1O. The van der Waals surface area contributed by atoms with Gasteiger partial charge in [-0.05, 0) is 58.9 Å². The van der Waals surface area contributed by atoms with Gasteiger partial charge in [0.15, 0.2) is 28.9 Å². The summed E-state index contributed by atoms with van der Waals surface area (Å²) in [7, 11) is 0. The summed E-state index contributed by atoms with van der Waals surface area (Å²) < 4.78 is 10.5. The second-order valence-corrected chi connectivity index (χ2v) is 8.64. The molecule has 0 saturated heterocycles. The lowest BCUT2D eigenvalue weighted by molar-refractivity contribution is -0.162. The minimum atomic E-state index is -1.70. The molecule has 0 aliphatic rings. The molecular weight excluding hydrogens is 402 g/mol. The number of rotatable bonds is 6. The van der Waals surface area contributed by atoms with Gasteiger partial charge in [0.25, 0.3) is 0 Å². The number of para-hydroxylation sites is 4. The molecule has 1 amide bonds. The van der Waals surface area contributed by atoms with E-state index in [1.807, 2.05) is 0 Å². The third kappa shape index (κ3) is 5.97. The van der Waals surface area contributed by atoms with Crippen LogP contribution in [0.25, 0.3) is 0 Å². The summed E-state index contributed by atoms with van der Waals surface area (Å²) in [5.74, 6) is -5.39. The molecule has 0 spiro atoms. The number of ether oxygens (including phenoxy) is 2. The number of carbonyl (C=O) groups is 3. The minimum absolute atomic E-state index is 0.167. The number of carbonyl (C=O) groups excluding carboxylic acids is 3. The van der Waals surface area contributed by atoms with Crippen molar-refractivity contribution in [2.24, 2.45) is 11.3 Å². The van der Waals surface area contributed by atoms with Crippen molar-refractivity contribution in [3.05, 3.63) is 48.5 Å². The molecule has 0 heterocycles. The Morgan fingerprint density at radius 1 is 0.774 bits per heavy atom. The highest BCUT2D eigenvalue weighted by Crippen LogP contribution is 2.34. The van der Waals surface area contributed by atoms with Gasteiger partial charge >= 0.3 is 11.9 Å². The molecule has 0 unspecified atom stereocenters. The number of nitrogens with one attached hydrogen (secondary N) is 1. The first-order chi connectivity index (χ1) is 14.3. The largest absolute Gasteiger partial charge is 0.504 e. The first kappa shape index (κ1) is 23.7. The zero-order valence-electron chi connectivity index (χ0n) is 18.1. The smallest absolute Gasteiger partial charge is 0.326 e. The zero-order chi connectivity index (χ0) is 23.4. The van der Waals surface area contributed by atoms with Crippen LogP contribution in [-0.4, -0.2) is 33.6 Å². The van der Waals surface area contributed by atoms with Crippen molar-refractivity contribution in [3.8, 4) is 23.0 Å². The quantitative estimate of drug-likeness (QED) is 0.366. The molecule has 31 heavy (non-hydrogen) atoms. The van der Waals surface area contributed by atoms with Crippen LogP contribution >= 0.6 is 0 Å². The van der Waals surface area contributed by atoms with Crippen LogP contribution in [-0.2, 0) is 14.4 Å². The van der Waals surface area contributed by atoms with Crippen LogP contribution in [0.5, 0.6) is 23.0 Å². The van der Waals surface area contributed by atoms with E-state index < -0.39 is 34.7 Å². The van der Waals surface area contributed by atoms with Gasteiger partial charge in [0.05, 0.1) is 5.41 Å². The van der Waals surface area contributed by atoms with E-state index in [9.17, 15) is 24.6 Å². The molecule has 2 aromatic carbocycles. The van der Waals surface area contributed by atoms with Gasteiger partial charge in [0.2, 0.25) is 5.91 Å². The molecule has 3 N–H and O–H groups in total. The Morgan fingerprint density at radius 3 is 1.52 bits per heavy atom. The van der Waals surface area contributed by atoms with E-state index in [-0.39, 0.29) is 23.0 Å². The summed E-state index contributed by atoms with van der Waals surface area (Å²) in [6, 6.07) is 11.5. The highest BCUT2D eigenvalue weighted by molar-refractivity contribution is 6.03. The van der Waals surface area contributed by atoms with Crippen LogP contribution in [0.4, 0.5) is 0 Å². The molecule has 2 aromatic rings. The van der Waals surface area contributed by atoms with Crippen molar-refractivity contribution in [1.82, 2.24) is 5.32 Å². The Kier molecular flexibility index (Phi) is 6.95. The fourth-order valence-electron chi connectivity index (χ4n) is 2.74. The molecule has 0 aromatic heterocycles. The lowest BCUT2D eigenvalue weighted by atomic mass is 9.77. The highest BCUT2D eigenvalue weighted by atomic mass is 16.6. The Balaban J connectivity index is 2.41. The van der Waals surface area contributed by atoms with E-state index in [1.165, 1.54) is 62.4 Å². The van der Waals surface area contributed by atoms with Crippen LogP contribution in [0.1, 0.15) is 34.6 Å². The number of amides is 1. The van der Waals surface area contributed by atoms with Crippen LogP contribution in [0.3, 0.4) is 0 Å². The van der Waals surface area contributed by atoms with E-state index in [4.69, 9.17) is 9.47 Å². The Labute approximate surface area is 180 Å². The molecule has 0 aliphatic carbocycles. The summed E-state index contributed by atoms with van der Waals surface area (Å²) in [4.78, 5) is 39.0. The predicted molar refractivity (Wildman–Crippen MR) is 113 cm³/mol. The van der Waals surface area contributed by atoms with Crippen molar-refractivity contribution in [1.29, 1.82) is 0 Å². The van der Waals surface area contributed by atoms with Gasteiger partial charge in [-0.2, -0.15) is 0 Å². The first-order valence-electron chi connectivity index (χ1n) is 9.65. The molecule has 8 nitrogen and oxygen atoms in total. The van der Waals surface area contributed by atoms with E-state index in [1.54, 1.807) is 20.8 Å². The fourth-order valence-corrected chi connectivity index (χ4v) is 2.74. The number of esters is 2. The Hall–Kier alpha value is -3.55. The Morgan fingerprint density at radius 2 is 1.16 bits per heavy atom. The molecule has 0 atom stereocenters. The number of aromatic hydroxyl groups is 2. The maximum Gasteiger partial charge on any atom is 0.326 e. The number of hydrogen-bond acceptors (Lipinski definition) is 7. The second kappa shape index (κ2) is 9.07. The number of phenols is 2. The van der Waals surface area contributed by atoms with Crippen LogP contribution in [0, 0.1) is 11.3 Å². The molecule has 0 aliphatic heterocycles. The lowest BCUT2D eigenvalue weighted by Gasteiger charge is -2.33. The molecular formula is C23H27NO7. The summed E-state index contributed by atoms with van der Waals surface area (Å²) in [6.45, 7) is 8.11. The molecule has 166 valence electrons. The zero-order valence-corrected chi connectivity index (χ0v) is 18.1. The topological polar surface area (TPSA) is 122 Å². The average molecular weight is 429 g/mol. The standard InChI is InChI=1S/C23H27NO7/c1-22(2,3)24-21(29)23(4,5)18(19(27)30-16-12-8-6-10-14(16)25)20(28)31-17-13-9-7-11-15(17)26/h6-13,18,25-26H,1-5H3,(H,24,29). The summed E-state index contributed by atoms with van der Waals surface area (Å²) in [5.41, 5.74) is -2.21. The Bertz CT molecular complexity index is 916. The summed E-state index contributed by atoms with van der Waals surface area (Å²) in [6.07, 6.45) is 0. The van der Waals surface area contributed by atoms with E-state index in [0.717, 1.165) is 0 Å². The van der Waals surface area contributed by atoms with Crippen molar-refractivity contribution in [2.75, 3.05) is 0 Å². The number of hydrogen-bond donors (Lipinski definition) is 3. The molecule has 0 radical (unpaired) electrons. The maximum atomic E-state index is 13.0. The van der Waals surface area contributed by atoms with Crippen LogP contribution in [0.15, 0.2) is 48.5 Å². The second-order valence-electron chi connectivity index (χ2n) is 8.64. The number of benzene rings is 2. The number of phenolic OH excluding ortho intramolecular Hbond substituents is 2. The van der Waals surface area contributed by atoms with Crippen LogP contribution < -0.4 is 14.8 Å². The average Bonchev–Trinajstić information content (AvgIpc) is 2.64. The fraction of sp³-hybridized carbons (Fsp3) is 0.348. The van der Waals surface area contributed by atoms with Gasteiger partial charge < -0.3 is 25.0 Å². The molecule has 0 fully saturated rings. The lowest BCUT2D eigenvalue weighted by Crippen LogP contribution is -2.54. The normalized spacial score (nSPS) is 11.7. The summed E-state index contributed by atoms with van der Waals surface area (Å²) >= 11 is 0. The molecule has 2 rings (SSSR count). The predicted octanol–water partition coefficient (Wildman–Crippen LogP) is 3.17. The van der Waals surface area contributed by atoms with Gasteiger partial charge in [0.1, 0.15) is 0 Å². The minimum Gasteiger partial charge on any atom is -0.504 e. The van der Waals surface area contributed by atoms with Crippen molar-refractivity contribution >= 4 is 17.8 Å². The van der Waals surface area contributed by atoms with Gasteiger partial charge in [0, 0.05) is 5.54 Å². The van der Waals surface area contributed by atoms with Crippen LogP contribution in [0.2, 0.25) is 0 Å². The van der Waals surface area contributed by atoms with Crippen molar-refractivity contribution < 1.29 is 34.1 Å². The van der Waals surface area contributed by atoms with E-state index in [2.05, 4.69) is 5.32 Å². The highest BCUT2D eigenvalue weighted by Gasteiger charge is 2.49. The van der Waals surface area contributed by atoms with Crippen molar-refractivity contribution in [3.63, 3.8) is 0 Å². The van der Waals surface area contributed by atoms with Gasteiger partial charge in [-0.15, -0.1) is 0 Å². The maximum absolute atomic E-state index is 13.0. The van der Waals surface area contributed by atoms with Crippen molar-refractivity contribution in [2.45, 2.75) is 40.2 Å². The van der Waals surface area contributed by atoms with Gasteiger partial charge in [-0.1, -0.05) is 24.3 Å². The first-order valence-corrected chi connectivity index (χ1v) is 9.65. The van der Waals surface area contributed by atoms with Gasteiger partial charge in [-0.3, -0.25) is 14.4 Å². The van der Waals surface area contributed by atoms with E-state index >= 15 is 0 Å². The monoisotopic (exact) mass is 429 g/mol. The summed E-state index contributed by atoms with van der Waals surface area (Å²) in [5, 5.41) is 22.6.